The first-order valence-corrected chi connectivity index (χ1v) is 6.94. The summed E-state index contributed by atoms with van der Waals surface area (Å²) >= 11 is 7.24. The van der Waals surface area contributed by atoms with Crippen molar-refractivity contribution in [1.82, 2.24) is 5.06 Å². The maximum atomic E-state index is 11.9. The van der Waals surface area contributed by atoms with E-state index in [1.807, 2.05) is 25.1 Å². The van der Waals surface area contributed by atoms with Crippen LogP contribution in [0, 0.1) is 0 Å². The van der Waals surface area contributed by atoms with Gasteiger partial charge in [0.05, 0.1) is 6.54 Å². The summed E-state index contributed by atoms with van der Waals surface area (Å²) in [6.45, 7) is 2.56. The Morgan fingerprint density at radius 1 is 1.58 bits per heavy atom. The van der Waals surface area contributed by atoms with Crippen molar-refractivity contribution < 1.29 is 14.8 Å². The highest BCUT2D eigenvalue weighted by Gasteiger charge is 2.31. The van der Waals surface area contributed by atoms with E-state index in [-0.39, 0.29) is 16.9 Å². The summed E-state index contributed by atoms with van der Waals surface area (Å²) in [6.07, 6.45) is 0. The summed E-state index contributed by atoms with van der Waals surface area (Å²) in [6, 6.07) is 7.27. The molecule has 1 aromatic carbocycles. The van der Waals surface area contributed by atoms with Crippen LogP contribution in [-0.4, -0.2) is 33.0 Å². The third kappa shape index (κ3) is 3.40. The molecular formula is C12H13ClN2O3S. The predicted molar refractivity (Wildman–Crippen MR) is 74.2 cm³/mol. The number of thioether (sulfide) groups is 1. The first kappa shape index (κ1) is 14.2. The Morgan fingerprint density at radius 2 is 2.32 bits per heavy atom. The third-order valence-electron chi connectivity index (χ3n) is 2.57. The largest absolute Gasteiger partial charge is 0.410 e. The fraction of sp³-hybridized carbons (Fsp3) is 0.333. The minimum atomic E-state index is -0.433. The molecule has 0 saturated carbocycles. The lowest BCUT2D eigenvalue weighted by atomic mass is 10.2. The Balaban J connectivity index is 2.02. The van der Waals surface area contributed by atoms with Crippen LogP contribution in [0.4, 0.5) is 0 Å². The number of amides is 1. The summed E-state index contributed by atoms with van der Waals surface area (Å²) in [4.78, 5) is 17.3. The number of halogens is 1. The van der Waals surface area contributed by atoms with Crippen molar-refractivity contribution in [2.75, 3.05) is 6.54 Å². The van der Waals surface area contributed by atoms with Crippen LogP contribution < -0.4 is 0 Å². The molecule has 1 amide bonds. The van der Waals surface area contributed by atoms with Gasteiger partial charge in [-0.3, -0.25) is 9.63 Å². The van der Waals surface area contributed by atoms with E-state index >= 15 is 0 Å². The first-order chi connectivity index (χ1) is 9.11. The molecule has 0 bridgehead atoms. The Morgan fingerprint density at radius 3 is 3.00 bits per heavy atom. The molecule has 19 heavy (non-hydrogen) atoms. The van der Waals surface area contributed by atoms with E-state index in [1.165, 1.54) is 16.8 Å². The lowest BCUT2D eigenvalue weighted by Gasteiger charge is -2.29. The lowest BCUT2D eigenvalue weighted by Crippen LogP contribution is -2.44. The van der Waals surface area contributed by atoms with Gasteiger partial charge >= 0.3 is 5.91 Å². The quantitative estimate of drug-likeness (QED) is 0.688. The molecule has 0 radical (unpaired) electrons. The van der Waals surface area contributed by atoms with Crippen molar-refractivity contribution in [1.29, 1.82) is 0 Å². The van der Waals surface area contributed by atoms with Crippen molar-refractivity contribution in [3.63, 3.8) is 0 Å². The Labute approximate surface area is 120 Å². The first-order valence-electron chi connectivity index (χ1n) is 5.68. The van der Waals surface area contributed by atoms with Gasteiger partial charge in [-0.15, -0.1) is 0 Å². The summed E-state index contributed by atoms with van der Waals surface area (Å²) in [5.41, 5.74) is 0.797. The monoisotopic (exact) mass is 300 g/mol. The lowest BCUT2D eigenvalue weighted by molar-refractivity contribution is -0.184. The van der Waals surface area contributed by atoms with Crippen LogP contribution in [0.15, 0.2) is 29.4 Å². The maximum Gasteiger partial charge on any atom is 0.306 e. The van der Waals surface area contributed by atoms with Gasteiger partial charge in [0.15, 0.2) is 0 Å². The van der Waals surface area contributed by atoms with E-state index in [9.17, 15) is 4.79 Å². The van der Waals surface area contributed by atoms with E-state index in [0.717, 1.165) is 5.56 Å². The number of hydroxylamine groups is 2. The van der Waals surface area contributed by atoms with Gasteiger partial charge in [-0.1, -0.05) is 53.6 Å². The molecule has 5 nitrogen and oxygen atoms in total. The van der Waals surface area contributed by atoms with Crippen LogP contribution in [0.1, 0.15) is 12.5 Å². The van der Waals surface area contributed by atoms with E-state index in [1.54, 1.807) is 6.07 Å². The number of hydrogen-bond acceptors (Lipinski definition) is 5. The second-order valence-corrected chi connectivity index (χ2v) is 5.90. The number of oxime groups is 1. The average Bonchev–Trinajstić information content (AvgIpc) is 2.41. The summed E-state index contributed by atoms with van der Waals surface area (Å²) in [7, 11) is 0. The van der Waals surface area contributed by atoms with Crippen molar-refractivity contribution in [2.45, 2.75) is 18.8 Å². The zero-order valence-corrected chi connectivity index (χ0v) is 11.8. The van der Waals surface area contributed by atoms with E-state index in [2.05, 4.69) is 5.16 Å². The SMILES string of the molecule is CC1CN(OCc2ccccc2Cl)C(=O)C(=NO)S1. The van der Waals surface area contributed by atoms with Crippen molar-refractivity contribution in [2.24, 2.45) is 5.16 Å². The fourth-order valence-corrected chi connectivity index (χ4v) is 2.67. The third-order valence-corrected chi connectivity index (χ3v) is 3.97. The van der Waals surface area contributed by atoms with Crippen LogP contribution in [-0.2, 0) is 16.2 Å². The fourth-order valence-electron chi connectivity index (χ4n) is 1.64. The number of benzene rings is 1. The molecule has 0 aliphatic carbocycles. The molecule has 1 atom stereocenters. The second kappa shape index (κ2) is 6.27. The summed E-state index contributed by atoms with van der Waals surface area (Å²) < 4.78 is 0. The standard InChI is InChI=1S/C12H13ClN2O3S/c1-8-6-15(12(16)11(14-17)19-8)18-7-9-4-2-3-5-10(9)13/h2-5,8,17H,6-7H2,1H3. The molecular weight excluding hydrogens is 288 g/mol. The van der Waals surface area contributed by atoms with Crippen LogP contribution in [0.25, 0.3) is 0 Å². The zero-order valence-electron chi connectivity index (χ0n) is 10.2. The van der Waals surface area contributed by atoms with Crippen molar-refractivity contribution >= 4 is 34.3 Å². The number of hydrogen-bond donors (Lipinski definition) is 1. The molecule has 0 spiro atoms. The molecule has 1 unspecified atom stereocenters. The Hall–Kier alpha value is -1.24. The molecule has 1 saturated heterocycles. The average molecular weight is 301 g/mol. The summed E-state index contributed by atoms with van der Waals surface area (Å²) in [5.74, 6) is -0.433. The molecule has 1 fully saturated rings. The Kier molecular flexibility index (Phi) is 4.68. The van der Waals surface area contributed by atoms with Crippen molar-refractivity contribution in [3.8, 4) is 0 Å². The van der Waals surface area contributed by atoms with E-state index in [4.69, 9.17) is 21.6 Å². The van der Waals surface area contributed by atoms with Crippen LogP contribution >= 0.6 is 23.4 Å². The predicted octanol–water partition coefficient (Wildman–Crippen LogP) is 2.52. The highest BCUT2D eigenvalue weighted by Crippen LogP contribution is 2.23. The molecule has 1 aromatic rings. The summed E-state index contributed by atoms with van der Waals surface area (Å²) in [5, 5.41) is 13.7. The van der Waals surface area contributed by atoms with Gasteiger partial charge in [0.2, 0.25) is 5.04 Å². The molecule has 7 heteroatoms. The normalized spacial score (nSPS) is 22.0. The minimum Gasteiger partial charge on any atom is -0.410 e. The van der Waals surface area contributed by atoms with Gasteiger partial charge in [-0.05, 0) is 11.6 Å². The zero-order chi connectivity index (χ0) is 13.8. The van der Waals surface area contributed by atoms with E-state index < -0.39 is 5.91 Å². The second-order valence-electron chi connectivity index (χ2n) is 4.06. The molecule has 0 aromatic heterocycles. The smallest absolute Gasteiger partial charge is 0.306 e. The molecule has 1 N–H and O–H groups in total. The Bertz CT molecular complexity index is 510. The highest BCUT2D eigenvalue weighted by molar-refractivity contribution is 8.16. The van der Waals surface area contributed by atoms with Crippen LogP contribution in [0.2, 0.25) is 5.02 Å². The molecule has 1 aliphatic heterocycles. The number of carbonyl (C=O) groups excluding carboxylic acids is 1. The van der Waals surface area contributed by atoms with Crippen LogP contribution in [0.5, 0.6) is 0 Å². The van der Waals surface area contributed by atoms with Crippen molar-refractivity contribution in [3.05, 3.63) is 34.9 Å². The van der Waals surface area contributed by atoms with Gasteiger partial charge < -0.3 is 5.21 Å². The van der Waals surface area contributed by atoms with Gasteiger partial charge in [-0.25, -0.2) is 5.06 Å². The highest BCUT2D eigenvalue weighted by atomic mass is 35.5. The molecule has 1 heterocycles. The van der Waals surface area contributed by atoms with Gasteiger partial charge in [-0.2, -0.15) is 0 Å². The van der Waals surface area contributed by atoms with Gasteiger partial charge in [0.25, 0.3) is 0 Å². The van der Waals surface area contributed by atoms with Gasteiger partial charge in [0, 0.05) is 10.3 Å². The number of rotatable bonds is 3. The van der Waals surface area contributed by atoms with E-state index in [0.29, 0.717) is 11.6 Å². The maximum absolute atomic E-state index is 11.9. The minimum absolute atomic E-state index is 0.0397. The van der Waals surface area contributed by atoms with Gasteiger partial charge in [0.1, 0.15) is 6.61 Å². The number of carbonyl (C=O) groups is 1. The molecule has 2 rings (SSSR count). The van der Waals surface area contributed by atoms with Crippen LogP contribution in [0.3, 0.4) is 0 Å². The molecule has 102 valence electrons. The molecule has 1 aliphatic rings. The topological polar surface area (TPSA) is 62.1 Å². The number of nitrogens with zero attached hydrogens (tertiary/aromatic N) is 2.